The van der Waals surface area contributed by atoms with Crippen LogP contribution in [0.15, 0.2) is 12.2 Å². The van der Waals surface area contributed by atoms with Gasteiger partial charge in [-0.25, -0.2) is 0 Å². The highest BCUT2D eigenvalue weighted by Crippen LogP contribution is 2.55. The van der Waals surface area contributed by atoms with Crippen molar-refractivity contribution in [2.24, 2.45) is 0 Å². The second-order valence-corrected chi connectivity index (χ2v) is 11.5. The summed E-state index contributed by atoms with van der Waals surface area (Å²) in [6.45, 7) is 12.7. The molecule has 0 saturated heterocycles. The molecule has 0 fully saturated rings. The van der Waals surface area contributed by atoms with Crippen LogP contribution >= 0.6 is 7.60 Å². The van der Waals surface area contributed by atoms with E-state index in [1.807, 2.05) is 32.9 Å². The van der Waals surface area contributed by atoms with Crippen molar-refractivity contribution in [1.29, 1.82) is 0 Å². The molecule has 0 spiro atoms. The lowest BCUT2D eigenvalue weighted by atomic mass is 10.6. The first-order valence-electron chi connectivity index (χ1n) is 7.66. The largest absolute Gasteiger partial charge is 0.400 e. The number of rotatable bonds is 11. The van der Waals surface area contributed by atoms with E-state index in [2.05, 4.69) is 20.8 Å². The van der Waals surface area contributed by atoms with Gasteiger partial charge in [0.15, 0.2) is 14.2 Å². The molecule has 6 heteroatoms. The topological polar surface area (TPSA) is 44.8 Å². The fourth-order valence-corrected chi connectivity index (χ4v) is 7.42. The zero-order valence-electron chi connectivity index (χ0n) is 13.8. The molecule has 1 unspecified atom stereocenters. The second kappa shape index (κ2) is 9.90. The van der Waals surface area contributed by atoms with Crippen molar-refractivity contribution < 1.29 is 18.0 Å². The minimum Gasteiger partial charge on any atom is -0.400 e. The zero-order valence-corrected chi connectivity index (χ0v) is 15.7. The molecule has 120 valence electrons. The van der Waals surface area contributed by atoms with Crippen LogP contribution < -0.4 is 0 Å². The average molecular weight is 322 g/mol. The lowest BCUT2D eigenvalue weighted by Crippen LogP contribution is -2.39. The Kier molecular flexibility index (Phi) is 9.94. The van der Waals surface area contributed by atoms with E-state index in [-0.39, 0.29) is 0 Å². The highest BCUT2D eigenvalue weighted by Gasteiger charge is 2.41. The maximum Gasteiger partial charge on any atom is 0.361 e. The lowest BCUT2D eigenvalue weighted by molar-refractivity contribution is 0.173. The van der Waals surface area contributed by atoms with Crippen molar-refractivity contribution in [3.8, 4) is 0 Å². The summed E-state index contributed by atoms with van der Waals surface area (Å²) in [5, 5.41) is 0. The molecule has 1 atom stereocenters. The van der Waals surface area contributed by atoms with Crippen LogP contribution in [0.25, 0.3) is 0 Å². The van der Waals surface area contributed by atoms with Gasteiger partial charge in [0, 0.05) is 0 Å². The van der Waals surface area contributed by atoms with Crippen molar-refractivity contribution in [2.75, 3.05) is 13.2 Å². The minimum absolute atomic E-state index is 0.355. The third-order valence-electron chi connectivity index (χ3n) is 3.59. The van der Waals surface area contributed by atoms with Gasteiger partial charge in [-0.3, -0.25) is 4.57 Å². The van der Waals surface area contributed by atoms with Crippen LogP contribution in [0.1, 0.15) is 41.5 Å². The monoisotopic (exact) mass is 322 g/mol. The highest BCUT2D eigenvalue weighted by atomic mass is 31.2. The Morgan fingerprint density at radius 2 is 1.45 bits per heavy atom. The first-order chi connectivity index (χ1) is 9.47. The van der Waals surface area contributed by atoms with Crippen molar-refractivity contribution in [3.05, 3.63) is 12.2 Å². The van der Waals surface area contributed by atoms with E-state index in [9.17, 15) is 4.57 Å². The van der Waals surface area contributed by atoms with Gasteiger partial charge in [0.2, 0.25) is 0 Å². The fourth-order valence-electron chi connectivity index (χ4n) is 2.17. The molecule has 0 aliphatic carbocycles. The Balaban J connectivity index is 5.34. The predicted molar refractivity (Wildman–Crippen MR) is 87.7 cm³/mol. The normalized spacial score (nSPS) is 14.9. The van der Waals surface area contributed by atoms with Gasteiger partial charge in [0.25, 0.3) is 0 Å². The van der Waals surface area contributed by atoms with Gasteiger partial charge in [-0.2, -0.15) is 0 Å². The van der Waals surface area contributed by atoms with Crippen LogP contribution in [0.4, 0.5) is 0 Å². The van der Waals surface area contributed by atoms with Gasteiger partial charge in [-0.1, -0.05) is 26.8 Å². The molecule has 0 rings (SSSR count). The summed E-state index contributed by atoms with van der Waals surface area (Å²) in [6.07, 6.45) is 3.67. The van der Waals surface area contributed by atoms with Crippen LogP contribution in [0, 0.1) is 0 Å². The van der Waals surface area contributed by atoms with Crippen LogP contribution in [-0.2, 0) is 18.0 Å². The van der Waals surface area contributed by atoms with Crippen molar-refractivity contribution in [3.63, 3.8) is 0 Å². The van der Waals surface area contributed by atoms with Gasteiger partial charge >= 0.3 is 7.60 Å². The second-order valence-electron chi connectivity index (χ2n) is 4.65. The third-order valence-corrected chi connectivity index (χ3v) is 10.5. The molecule has 0 saturated carbocycles. The van der Waals surface area contributed by atoms with Gasteiger partial charge in [0.1, 0.15) is 0 Å². The Bertz CT molecular complexity index is 311. The van der Waals surface area contributed by atoms with E-state index in [1.54, 1.807) is 0 Å². The summed E-state index contributed by atoms with van der Waals surface area (Å²) < 4.78 is 30.2. The number of hydrogen-bond acceptors (Lipinski definition) is 4. The van der Waals surface area contributed by atoms with E-state index in [1.165, 1.54) is 0 Å². The molecule has 0 aliphatic rings. The van der Waals surface area contributed by atoms with E-state index < -0.39 is 21.8 Å². The molecule has 0 bridgehead atoms. The molecule has 20 heavy (non-hydrogen) atoms. The SMILES string of the molecule is C/C=C/C(O[Si](CC)(CC)CC)P(=O)(OCC)OCC. The van der Waals surface area contributed by atoms with E-state index in [4.69, 9.17) is 13.5 Å². The maximum atomic E-state index is 12.9. The Labute approximate surface area is 125 Å². The van der Waals surface area contributed by atoms with Crippen molar-refractivity contribution in [1.82, 2.24) is 0 Å². The molecule has 0 radical (unpaired) electrons. The van der Waals surface area contributed by atoms with Gasteiger partial charge in [-0.05, 0) is 45.0 Å². The van der Waals surface area contributed by atoms with Crippen LogP contribution in [-0.4, -0.2) is 27.4 Å². The zero-order chi connectivity index (χ0) is 15.6. The summed E-state index contributed by atoms with van der Waals surface area (Å²) in [5.74, 6) is -0.584. The molecular weight excluding hydrogens is 291 g/mol. The molecule has 0 N–H and O–H groups in total. The minimum atomic E-state index is -3.26. The molecule has 0 aromatic rings. The molecular formula is C14H31O4PSi. The summed E-state index contributed by atoms with van der Waals surface area (Å²) in [4.78, 5) is 0. The first kappa shape index (κ1) is 20.1. The summed E-state index contributed by atoms with van der Waals surface area (Å²) in [7, 11) is -5.13. The van der Waals surface area contributed by atoms with Gasteiger partial charge < -0.3 is 13.5 Å². The lowest BCUT2D eigenvalue weighted by Gasteiger charge is -2.34. The maximum absolute atomic E-state index is 12.9. The van der Waals surface area contributed by atoms with E-state index in [0.29, 0.717) is 13.2 Å². The third kappa shape index (κ3) is 5.45. The Morgan fingerprint density at radius 1 is 1.00 bits per heavy atom. The molecule has 0 amide bonds. The number of hydrogen-bond donors (Lipinski definition) is 0. The standard InChI is InChI=1S/C14H31O4PSi/c1-7-13-14(18-20(10-4,11-5)12-6)19(15,16-8-2)17-9-3/h7,13-14H,8-12H2,1-6H3/b13-7+. The first-order valence-corrected chi connectivity index (χ1v) is 11.8. The van der Waals surface area contributed by atoms with Gasteiger partial charge in [-0.15, -0.1) is 0 Å². The fraction of sp³-hybridized carbons (Fsp3) is 0.857. The smallest absolute Gasteiger partial charge is 0.361 e. The van der Waals surface area contributed by atoms with Crippen molar-refractivity contribution >= 4 is 15.9 Å². The van der Waals surface area contributed by atoms with Crippen LogP contribution in [0.2, 0.25) is 18.1 Å². The summed E-state index contributed by atoms with van der Waals surface area (Å²) in [6, 6.07) is 3.02. The number of allylic oxidation sites excluding steroid dienone is 1. The summed E-state index contributed by atoms with van der Waals surface area (Å²) >= 11 is 0. The highest BCUT2D eigenvalue weighted by molar-refractivity contribution is 7.54. The van der Waals surface area contributed by atoms with Gasteiger partial charge in [0.05, 0.1) is 13.2 Å². The quantitative estimate of drug-likeness (QED) is 0.299. The summed E-state index contributed by atoms with van der Waals surface area (Å²) in [5.41, 5.74) is 0. The van der Waals surface area contributed by atoms with Crippen molar-refractivity contribution in [2.45, 2.75) is 65.5 Å². The Morgan fingerprint density at radius 3 is 1.75 bits per heavy atom. The van der Waals surface area contributed by atoms with Crippen LogP contribution in [0.3, 0.4) is 0 Å². The Hall–Kier alpha value is 0.0669. The predicted octanol–water partition coefficient (Wildman–Crippen LogP) is 5.18. The molecule has 0 aliphatic heterocycles. The van der Waals surface area contributed by atoms with E-state index >= 15 is 0 Å². The molecule has 0 aromatic heterocycles. The average Bonchev–Trinajstić information content (AvgIpc) is 2.44. The van der Waals surface area contributed by atoms with E-state index in [0.717, 1.165) is 18.1 Å². The molecule has 0 heterocycles. The molecule has 4 nitrogen and oxygen atoms in total. The van der Waals surface area contributed by atoms with Crippen LogP contribution in [0.5, 0.6) is 0 Å². The molecule has 0 aromatic carbocycles.